The number of aryl methyl sites for hydroxylation is 1. The van der Waals surface area contributed by atoms with Gasteiger partial charge in [0.05, 0.1) is 6.26 Å². The predicted octanol–water partition coefficient (Wildman–Crippen LogP) is 3.44. The minimum atomic E-state index is -0.201. The molecular weight excluding hydrogens is 288 g/mol. The zero-order valence-electron chi connectivity index (χ0n) is 11.2. The molecular formula is C16H13ClN2O2. The van der Waals surface area contributed by atoms with E-state index in [0.717, 1.165) is 12.0 Å². The van der Waals surface area contributed by atoms with Crippen LogP contribution in [-0.2, 0) is 11.2 Å². The lowest BCUT2D eigenvalue weighted by Gasteiger charge is -2.01. The Morgan fingerprint density at radius 2 is 2.14 bits per heavy atom. The molecule has 0 fully saturated rings. The molecule has 106 valence electrons. The van der Waals surface area contributed by atoms with Crippen LogP contribution in [0.15, 0.2) is 57.8 Å². The van der Waals surface area contributed by atoms with Gasteiger partial charge in [-0.25, -0.2) is 4.99 Å². The van der Waals surface area contributed by atoms with E-state index in [1.807, 2.05) is 24.3 Å². The zero-order chi connectivity index (χ0) is 14.7. The van der Waals surface area contributed by atoms with E-state index in [2.05, 4.69) is 10.3 Å². The molecule has 2 aromatic rings. The first-order valence-electron chi connectivity index (χ1n) is 6.59. The van der Waals surface area contributed by atoms with Crippen LogP contribution >= 0.6 is 11.6 Å². The van der Waals surface area contributed by atoms with Gasteiger partial charge in [-0.15, -0.1) is 0 Å². The molecule has 1 aliphatic heterocycles. The summed E-state index contributed by atoms with van der Waals surface area (Å²) in [5.74, 6) is 1.07. The van der Waals surface area contributed by atoms with Crippen molar-refractivity contribution in [1.29, 1.82) is 0 Å². The Labute approximate surface area is 127 Å². The quantitative estimate of drug-likeness (QED) is 0.879. The number of hydrogen-bond acceptors (Lipinski definition) is 3. The molecule has 5 heteroatoms. The van der Waals surface area contributed by atoms with Crippen LogP contribution in [0.4, 0.5) is 0 Å². The molecule has 0 aliphatic carbocycles. The lowest BCUT2D eigenvalue weighted by atomic mass is 10.1. The molecule has 0 radical (unpaired) electrons. The molecule has 21 heavy (non-hydrogen) atoms. The van der Waals surface area contributed by atoms with Crippen LogP contribution in [0.1, 0.15) is 17.7 Å². The Hall–Kier alpha value is -2.33. The fraction of sp³-hybridized carbons (Fsp3) is 0.125. The first-order chi connectivity index (χ1) is 10.2. The summed E-state index contributed by atoms with van der Waals surface area (Å²) < 4.78 is 5.18. The van der Waals surface area contributed by atoms with Crippen LogP contribution in [0, 0.1) is 0 Å². The highest BCUT2D eigenvalue weighted by Crippen LogP contribution is 2.16. The average Bonchev–Trinajstić information content (AvgIpc) is 3.08. The largest absolute Gasteiger partial charge is 0.465 e. The number of nitrogens with zero attached hydrogens (tertiary/aromatic N) is 1. The van der Waals surface area contributed by atoms with Crippen molar-refractivity contribution < 1.29 is 9.21 Å². The van der Waals surface area contributed by atoms with Crippen molar-refractivity contribution in [2.45, 2.75) is 12.8 Å². The number of halogens is 1. The fourth-order valence-corrected chi connectivity index (χ4v) is 2.31. The molecule has 0 atom stereocenters. The van der Waals surface area contributed by atoms with Gasteiger partial charge in [0.15, 0.2) is 0 Å². The molecule has 1 N–H and O–H groups in total. The Balaban J connectivity index is 1.68. The molecule has 0 spiro atoms. The third-order valence-electron chi connectivity index (χ3n) is 3.11. The number of rotatable bonds is 4. The van der Waals surface area contributed by atoms with Crippen LogP contribution in [0.2, 0.25) is 5.02 Å². The van der Waals surface area contributed by atoms with E-state index in [-0.39, 0.29) is 5.91 Å². The number of aliphatic imine (C=N–C) groups is 1. The van der Waals surface area contributed by atoms with Gasteiger partial charge in [-0.1, -0.05) is 23.7 Å². The molecule has 3 rings (SSSR count). The van der Waals surface area contributed by atoms with Crippen molar-refractivity contribution in [3.8, 4) is 0 Å². The van der Waals surface area contributed by atoms with Crippen molar-refractivity contribution in [3.63, 3.8) is 0 Å². The third kappa shape index (κ3) is 3.41. The third-order valence-corrected chi connectivity index (χ3v) is 3.34. The highest BCUT2D eigenvalue weighted by Gasteiger charge is 2.19. The second-order valence-electron chi connectivity index (χ2n) is 4.69. The first-order valence-corrected chi connectivity index (χ1v) is 6.97. The van der Waals surface area contributed by atoms with Crippen LogP contribution in [-0.4, -0.2) is 11.7 Å². The maximum absolute atomic E-state index is 11.8. The minimum absolute atomic E-state index is 0.201. The number of carbonyl (C=O) groups excluding carboxylic acids is 1. The predicted molar refractivity (Wildman–Crippen MR) is 82.0 cm³/mol. The number of hydrogen-bond donors (Lipinski definition) is 1. The van der Waals surface area contributed by atoms with Crippen molar-refractivity contribution in [2.24, 2.45) is 4.99 Å². The van der Waals surface area contributed by atoms with Crippen LogP contribution in [0.3, 0.4) is 0 Å². The highest BCUT2D eigenvalue weighted by molar-refractivity contribution is 6.30. The summed E-state index contributed by atoms with van der Waals surface area (Å²) in [4.78, 5) is 16.1. The topological polar surface area (TPSA) is 54.6 Å². The maximum atomic E-state index is 11.8. The summed E-state index contributed by atoms with van der Waals surface area (Å²) in [6.45, 7) is 0. The van der Waals surface area contributed by atoms with E-state index in [0.29, 0.717) is 28.7 Å². The standard InChI is InChI=1S/C16H13ClN2O2/c17-12-4-1-3-11(9-12)6-7-15-18-14(16(20)19-15)10-13-5-2-8-21-13/h1-5,8-10H,6-7H2,(H,18,19,20)/b14-10+. The number of amidine groups is 1. The number of nitrogens with one attached hydrogen (secondary N) is 1. The van der Waals surface area contributed by atoms with Gasteiger partial charge in [0.2, 0.25) is 0 Å². The van der Waals surface area contributed by atoms with Gasteiger partial charge in [-0.3, -0.25) is 4.79 Å². The fourth-order valence-electron chi connectivity index (χ4n) is 2.10. The average molecular weight is 301 g/mol. The van der Waals surface area contributed by atoms with Gasteiger partial charge >= 0.3 is 0 Å². The van der Waals surface area contributed by atoms with Gasteiger partial charge in [-0.05, 0) is 36.2 Å². The van der Waals surface area contributed by atoms with Crippen molar-refractivity contribution in [3.05, 3.63) is 64.7 Å². The number of benzene rings is 1. The second kappa shape index (κ2) is 5.97. The number of carbonyl (C=O) groups is 1. The Morgan fingerprint density at radius 3 is 2.90 bits per heavy atom. The number of furan rings is 1. The van der Waals surface area contributed by atoms with E-state index < -0.39 is 0 Å². The molecule has 1 amide bonds. The zero-order valence-corrected chi connectivity index (χ0v) is 11.9. The van der Waals surface area contributed by atoms with Gasteiger partial charge < -0.3 is 9.73 Å². The summed E-state index contributed by atoms with van der Waals surface area (Å²) in [5, 5.41) is 3.48. The van der Waals surface area contributed by atoms with Crippen LogP contribution in [0.25, 0.3) is 6.08 Å². The Morgan fingerprint density at radius 1 is 1.24 bits per heavy atom. The van der Waals surface area contributed by atoms with Crippen molar-refractivity contribution in [2.75, 3.05) is 0 Å². The molecule has 0 unspecified atom stereocenters. The van der Waals surface area contributed by atoms with E-state index >= 15 is 0 Å². The summed E-state index contributed by atoms with van der Waals surface area (Å²) in [7, 11) is 0. The van der Waals surface area contributed by atoms with E-state index in [9.17, 15) is 4.79 Å². The summed E-state index contributed by atoms with van der Waals surface area (Å²) >= 11 is 5.95. The van der Waals surface area contributed by atoms with Crippen molar-refractivity contribution >= 4 is 29.4 Å². The smallest absolute Gasteiger partial charge is 0.275 e. The van der Waals surface area contributed by atoms with E-state index in [1.165, 1.54) is 0 Å². The van der Waals surface area contributed by atoms with E-state index in [4.69, 9.17) is 16.0 Å². The second-order valence-corrected chi connectivity index (χ2v) is 5.12. The molecule has 1 aliphatic rings. The molecule has 2 heterocycles. The van der Waals surface area contributed by atoms with Crippen LogP contribution in [0.5, 0.6) is 0 Å². The summed E-state index contributed by atoms with van der Waals surface area (Å²) in [6.07, 6.45) is 4.61. The monoisotopic (exact) mass is 300 g/mol. The lowest BCUT2D eigenvalue weighted by Crippen LogP contribution is -2.24. The maximum Gasteiger partial charge on any atom is 0.275 e. The first kappa shape index (κ1) is 13.6. The Kier molecular flexibility index (Phi) is 3.88. The lowest BCUT2D eigenvalue weighted by molar-refractivity contribution is -0.115. The van der Waals surface area contributed by atoms with Crippen LogP contribution < -0.4 is 5.32 Å². The molecule has 1 aromatic carbocycles. The van der Waals surface area contributed by atoms with Crippen molar-refractivity contribution in [1.82, 2.24) is 5.32 Å². The summed E-state index contributed by atoms with van der Waals surface area (Å²) in [5.41, 5.74) is 1.48. The Bertz CT molecular complexity index is 718. The van der Waals surface area contributed by atoms with E-state index in [1.54, 1.807) is 24.5 Å². The molecule has 1 aromatic heterocycles. The minimum Gasteiger partial charge on any atom is -0.465 e. The van der Waals surface area contributed by atoms with Gasteiger partial charge in [-0.2, -0.15) is 0 Å². The van der Waals surface area contributed by atoms with Gasteiger partial charge in [0.25, 0.3) is 5.91 Å². The molecule has 4 nitrogen and oxygen atoms in total. The molecule has 0 saturated carbocycles. The number of amides is 1. The molecule has 0 saturated heterocycles. The normalized spacial score (nSPS) is 16.1. The molecule has 0 bridgehead atoms. The summed E-state index contributed by atoms with van der Waals surface area (Å²) in [6, 6.07) is 11.2. The van der Waals surface area contributed by atoms with Gasteiger partial charge in [0, 0.05) is 17.5 Å². The van der Waals surface area contributed by atoms with Gasteiger partial charge in [0.1, 0.15) is 17.3 Å². The highest BCUT2D eigenvalue weighted by atomic mass is 35.5. The SMILES string of the molecule is O=C1NC(CCc2cccc(Cl)c2)=N/C1=C/c1ccco1.